The quantitative estimate of drug-likeness (QED) is 0.823. The third-order valence-electron chi connectivity index (χ3n) is 4.09. The standard InChI is InChI=1S/C18H17FN2/c19-17-5-1-15(2-6-17)16-3-7-18(8-4-16)21-11-9-14(13-20)10-12-21/h1-8,14H,9-12H2. The van der Waals surface area contributed by atoms with Crippen LogP contribution in [-0.2, 0) is 0 Å². The molecule has 0 amide bonds. The van der Waals surface area contributed by atoms with Crippen LogP contribution < -0.4 is 4.90 Å². The van der Waals surface area contributed by atoms with Gasteiger partial charge in [0, 0.05) is 24.7 Å². The third-order valence-corrected chi connectivity index (χ3v) is 4.09. The van der Waals surface area contributed by atoms with Gasteiger partial charge >= 0.3 is 0 Å². The van der Waals surface area contributed by atoms with Crippen molar-refractivity contribution in [2.24, 2.45) is 5.92 Å². The smallest absolute Gasteiger partial charge is 0.123 e. The fourth-order valence-corrected chi connectivity index (χ4v) is 2.77. The Morgan fingerprint density at radius 2 is 1.43 bits per heavy atom. The van der Waals surface area contributed by atoms with Crippen LogP contribution in [-0.4, -0.2) is 13.1 Å². The van der Waals surface area contributed by atoms with Gasteiger partial charge in [0.1, 0.15) is 5.82 Å². The van der Waals surface area contributed by atoms with E-state index in [9.17, 15) is 4.39 Å². The number of benzene rings is 2. The minimum Gasteiger partial charge on any atom is -0.371 e. The fourth-order valence-electron chi connectivity index (χ4n) is 2.77. The summed E-state index contributed by atoms with van der Waals surface area (Å²) in [5.41, 5.74) is 3.30. The van der Waals surface area contributed by atoms with E-state index in [2.05, 4.69) is 35.2 Å². The van der Waals surface area contributed by atoms with Crippen LogP contribution in [0, 0.1) is 23.1 Å². The molecule has 1 saturated heterocycles. The van der Waals surface area contributed by atoms with Gasteiger partial charge in [-0.15, -0.1) is 0 Å². The molecule has 106 valence electrons. The van der Waals surface area contributed by atoms with Gasteiger partial charge < -0.3 is 4.90 Å². The zero-order chi connectivity index (χ0) is 14.7. The molecule has 3 heteroatoms. The van der Waals surface area contributed by atoms with E-state index in [0.717, 1.165) is 37.1 Å². The molecule has 0 spiro atoms. The molecule has 3 rings (SSSR count). The molecule has 0 aliphatic carbocycles. The van der Waals surface area contributed by atoms with Crippen molar-refractivity contribution in [2.45, 2.75) is 12.8 Å². The molecular formula is C18H17FN2. The first kappa shape index (κ1) is 13.6. The van der Waals surface area contributed by atoms with Crippen LogP contribution in [0.5, 0.6) is 0 Å². The maximum atomic E-state index is 12.9. The molecule has 0 unspecified atom stereocenters. The first-order valence-corrected chi connectivity index (χ1v) is 7.27. The number of rotatable bonds is 2. The Labute approximate surface area is 124 Å². The van der Waals surface area contributed by atoms with Crippen LogP contribution in [0.3, 0.4) is 0 Å². The number of nitriles is 1. The predicted octanol–water partition coefficient (Wildman–Crippen LogP) is 4.23. The Morgan fingerprint density at radius 1 is 0.905 bits per heavy atom. The van der Waals surface area contributed by atoms with Gasteiger partial charge in [-0.05, 0) is 48.2 Å². The van der Waals surface area contributed by atoms with Crippen molar-refractivity contribution in [3.8, 4) is 17.2 Å². The molecule has 0 bridgehead atoms. The summed E-state index contributed by atoms with van der Waals surface area (Å²) in [6.45, 7) is 1.88. The van der Waals surface area contributed by atoms with Gasteiger partial charge in [0.25, 0.3) is 0 Å². The van der Waals surface area contributed by atoms with E-state index in [1.165, 1.54) is 17.8 Å². The monoisotopic (exact) mass is 280 g/mol. The predicted molar refractivity (Wildman–Crippen MR) is 82.4 cm³/mol. The highest BCUT2D eigenvalue weighted by molar-refractivity contribution is 5.66. The minimum atomic E-state index is -0.212. The summed E-state index contributed by atoms with van der Waals surface area (Å²) >= 11 is 0. The molecule has 2 aromatic carbocycles. The number of nitrogens with zero attached hydrogens (tertiary/aromatic N) is 2. The zero-order valence-electron chi connectivity index (χ0n) is 11.8. The molecule has 2 aromatic rings. The van der Waals surface area contributed by atoms with Gasteiger partial charge in [0.2, 0.25) is 0 Å². The second kappa shape index (κ2) is 5.97. The zero-order valence-corrected chi connectivity index (χ0v) is 11.8. The second-order valence-corrected chi connectivity index (χ2v) is 5.44. The lowest BCUT2D eigenvalue weighted by Crippen LogP contribution is -2.33. The Morgan fingerprint density at radius 3 is 1.95 bits per heavy atom. The van der Waals surface area contributed by atoms with E-state index in [-0.39, 0.29) is 11.7 Å². The van der Waals surface area contributed by atoms with Crippen LogP contribution in [0.25, 0.3) is 11.1 Å². The summed E-state index contributed by atoms with van der Waals surface area (Å²) in [5, 5.41) is 8.93. The molecule has 1 aliphatic rings. The molecule has 21 heavy (non-hydrogen) atoms. The number of halogens is 1. The van der Waals surface area contributed by atoms with Gasteiger partial charge in [-0.25, -0.2) is 4.39 Å². The summed E-state index contributed by atoms with van der Waals surface area (Å²) < 4.78 is 12.9. The summed E-state index contributed by atoms with van der Waals surface area (Å²) in [5.74, 6) is -0.00419. The molecular weight excluding hydrogens is 263 g/mol. The maximum Gasteiger partial charge on any atom is 0.123 e. The van der Waals surface area contributed by atoms with E-state index in [0.29, 0.717) is 0 Å². The van der Waals surface area contributed by atoms with Crippen LogP contribution in [0.15, 0.2) is 48.5 Å². The Hall–Kier alpha value is -2.34. The van der Waals surface area contributed by atoms with Gasteiger partial charge in [0.15, 0.2) is 0 Å². The van der Waals surface area contributed by atoms with Crippen molar-refractivity contribution in [1.82, 2.24) is 0 Å². The second-order valence-electron chi connectivity index (χ2n) is 5.44. The first-order valence-electron chi connectivity index (χ1n) is 7.27. The largest absolute Gasteiger partial charge is 0.371 e. The molecule has 0 saturated carbocycles. The highest BCUT2D eigenvalue weighted by Crippen LogP contribution is 2.26. The maximum absolute atomic E-state index is 12.9. The van der Waals surface area contributed by atoms with Gasteiger partial charge in [-0.2, -0.15) is 5.26 Å². The van der Waals surface area contributed by atoms with Crippen molar-refractivity contribution in [3.63, 3.8) is 0 Å². The Balaban J connectivity index is 1.73. The topological polar surface area (TPSA) is 27.0 Å². The van der Waals surface area contributed by atoms with Gasteiger partial charge in [-0.1, -0.05) is 24.3 Å². The summed E-state index contributed by atoms with van der Waals surface area (Å²) in [6.07, 6.45) is 1.88. The SMILES string of the molecule is N#CC1CCN(c2ccc(-c3ccc(F)cc3)cc2)CC1. The van der Waals surface area contributed by atoms with Crippen molar-refractivity contribution in [1.29, 1.82) is 5.26 Å². The van der Waals surface area contributed by atoms with E-state index >= 15 is 0 Å². The molecule has 1 aliphatic heterocycles. The lowest BCUT2D eigenvalue weighted by Gasteiger charge is -2.31. The highest BCUT2D eigenvalue weighted by atomic mass is 19.1. The van der Waals surface area contributed by atoms with Crippen molar-refractivity contribution in [2.75, 3.05) is 18.0 Å². The van der Waals surface area contributed by atoms with E-state index in [1.54, 1.807) is 12.1 Å². The van der Waals surface area contributed by atoms with Crippen LogP contribution in [0.4, 0.5) is 10.1 Å². The van der Waals surface area contributed by atoms with Crippen LogP contribution in [0.1, 0.15) is 12.8 Å². The van der Waals surface area contributed by atoms with E-state index in [1.807, 2.05) is 0 Å². The Bertz CT molecular complexity index is 632. The van der Waals surface area contributed by atoms with Crippen molar-refractivity contribution >= 4 is 5.69 Å². The summed E-state index contributed by atoms with van der Waals surface area (Å²) in [4.78, 5) is 2.32. The molecule has 1 heterocycles. The van der Waals surface area contributed by atoms with E-state index < -0.39 is 0 Å². The number of piperidine rings is 1. The van der Waals surface area contributed by atoms with Crippen LogP contribution >= 0.6 is 0 Å². The first-order chi connectivity index (χ1) is 10.3. The normalized spacial score (nSPS) is 15.7. The molecule has 1 fully saturated rings. The van der Waals surface area contributed by atoms with Crippen molar-refractivity contribution in [3.05, 3.63) is 54.3 Å². The minimum absolute atomic E-state index is 0.208. The fraction of sp³-hybridized carbons (Fsp3) is 0.278. The summed E-state index contributed by atoms with van der Waals surface area (Å²) in [6, 6.07) is 17.2. The van der Waals surface area contributed by atoms with Gasteiger partial charge in [-0.3, -0.25) is 0 Å². The lowest BCUT2D eigenvalue weighted by molar-refractivity contribution is 0.488. The lowest BCUT2D eigenvalue weighted by atomic mass is 9.98. The molecule has 0 aromatic heterocycles. The number of anilines is 1. The Kier molecular flexibility index (Phi) is 3.87. The van der Waals surface area contributed by atoms with Crippen LogP contribution in [0.2, 0.25) is 0 Å². The summed E-state index contributed by atoms with van der Waals surface area (Å²) in [7, 11) is 0. The number of hydrogen-bond donors (Lipinski definition) is 0. The van der Waals surface area contributed by atoms with E-state index in [4.69, 9.17) is 5.26 Å². The average molecular weight is 280 g/mol. The molecule has 2 nitrogen and oxygen atoms in total. The molecule has 0 radical (unpaired) electrons. The molecule has 0 atom stereocenters. The number of hydrogen-bond acceptors (Lipinski definition) is 2. The average Bonchev–Trinajstić information content (AvgIpc) is 2.56. The molecule has 0 N–H and O–H groups in total. The third kappa shape index (κ3) is 3.05. The highest BCUT2D eigenvalue weighted by Gasteiger charge is 2.18. The van der Waals surface area contributed by atoms with Crippen molar-refractivity contribution < 1.29 is 4.39 Å². The van der Waals surface area contributed by atoms with Gasteiger partial charge in [0.05, 0.1) is 6.07 Å².